The molecule has 20 heavy (non-hydrogen) atoms. The van der Waals surface area contributed by atoms with Crippen molar-refractivity contribution in [2.75, 3.05) is 6.61 Å². The topological polar surface area (TPSA) is 42.6 Å². The number of hydrogen-bond acceptors (Lipinski definition) is 3. The molecule has 0 amide bonds. The minimum Gasteiger partial charge on any atom is -0.491 e. The Bertz CT molecular complexity index is 793. The molecule has 104 valence electrons. The molecule has 0 aliphatic heterocycles. The second-order valence-corrected chi connectivity index (χ2v) is 4.36. The maximum absolute atomic E-state index is 14.2. The molecular weight excluding hydrogens is 266 g/mol. The van der Waals surface area contributed by atoms with Crippen LogP contribution in [-0.2, 0) is 6.61 Å². The lowest BCUT2D eigenvalue weighted by atomic mass is 10.1. The fraction of sp³-hybridized carbons (Fsp3) is 0.200. The molecule has 1 heterocycles. The summed E-state index contributed by atoms with van der Waals surface area (Å²) in [5.74, 6) is -1.24. The lowest BCUT2D eigenvalue weighted by Gasteiger charge is -2.03. The fourth-order valence-electron chi connectivity index (χ4n) is 2.25. The Morgan fingerprint density at radius 1 is 1.05 bits per heavy atom. The molecule has 0 aliphatic rings. The van der Waals surface area contributed by atoms with E-state index >= 15 is 0 Å². The molecule has 0 radical (unpaired) electrons. The second kappa shape index (κ2) is 4.76. The number of rotatable bonds is 3. The van der Waals surface area contributed by atoms with Gasteiger partial charge in [-0.2, -0.15) is 4.39 Å². The largest absolute Gasteiger partial charge is 0.491 e. The third kappa shape index (κ3) is 1.74. The van der Waals surface area contributed by atoms with Gasteiger partial charge >= 0.3 is 0 Å². The molecule has 0 atom stereocenters. The summed E-state index contributed by atoms with van der Waals surface area (Å²) >= 11 is 0. The summed E-state index contributed by atoms with van der Waals surface area (Å²) in [5.41, 5.74) is 0.0148. The maximum Gasteiger partial charge on any atom is 0.208 e. The maximum atomic E-state index is 14.2. The van der Waals surface area contributed by atoms with Crippen molar-refractivity contribution in [3.8, 4) is 5.75 Å². The van der Waals surface area contributed by atoms with Crippen molar-refractivity contribution in [3.63, 3.8) is 0 Å². The van der Waals surface area contributed by atoms with Crippen LogP contribution in [0, 0.1) is 11.6 Å². The molecule has 0 spiro atoms. The first-order valence-corrected chi connectivity index (χ1v) is 6.23. The van der Waals surface area contributed by atoms with Gasteiger partial charge in [0.15, 0.2) is 22.7 Å². The summed E-state index contributed by atoms with van der Waals surface area (Å²) in [6, 6.07) is 6.19. The quantitative estimate of drug-likeness (QED) is 0.793. The Kier molecular flexibility index (Phi) is 3.06. The highest BCUT2D eigenvalue weighted by atomic mass is 19.1. The number of ether oxygens (including phenoxy) is 1. The molecular formula is C15H12F2O3. The Morgan fingerprint density at radius 3 is 2.35 bits per heavy atom. The van der Waals surface area contributed by atoms with Gasteiger partial charge in [-0.1, -0.05) is 6.07 Å². The number of halogens is 2. The summed E-state index contributed by atoms with van der Waals surface area (Å²) in [7, 11) is 0. The number of hydrogen-bond donors (Lipinski definition) is 1. The molecule has 0 aliphatic carbocycles. The highest BCUT2D eigenvalue weighted by Gasteiger charge is 2.18. The molecule has 1 N–H and O–H groups in total. The van der Waals surface area contributed by atoms with Gasteiger partial charge in [0.25, 0.3) is 0 Å². The van der Waals surface area contributed by atoms with Gasteiger partial charge in [-0.05, 0) is 25.1 Å². The molecule has 5 heteroatoms. The zero-order valence-corrected chi connectivity index (χ0v) is 10.7. The molecule has 3 nitrogen and oxygen atoms in total. The van der Waals surface area contributed by atoms with Crippen LogP contribution in [0.4, 0.5) is 8.78 Å². The SMILES string of the molecule is CCOc1ccc2c(oc3c(F)c(CO)ccc32)c1F. The first-order chi connectivity index (χ1) is 9.67. The van der Waals surface area contributed by atoms with Crippen LogP contribution in [0.15, 0.2) is 28.7 Å². The molecule has 3 aromatic rings. The Hall–Kier alpha value is -2.14. The van der Waals surface area contributed by atoms with Crippen LogP contribution >= 0.6 is 0 Å². The molecule has 0 bridgehead atoms. The van der Waals surface area contributed by atoms with E-state index in [-0.39, 0.29) is 22.5 Å². The first-order valence-electron chi connectivity index (χ1n) is 6.23. The predicted octanol–water partition coefficient (Wildman–Crippen LogP) is 3.76. The number of fused-ring (bicyclic) bond motifs is 3. The molecule has 0 unspecified atom stereocenters. The molecule has 2 aromatic carbocycles. The molecule has 0 saturated carbocycles. The van der Waals surface area contributed by atoms with Crippen molar-refractivity contribution in [2.24, 2.45) is 0 Å². The summed E-state index contributed by atoms with van der Waals surface area (Å²) in [6.45, 7) is 1.63. The molecule has 0 fully saturated rings. The van der Waals surface area contributed by atoms with Gasteiger partial charge in [0.05, 0.1) is 13.2 Å². The van der Waals surface area contributed by atoms with Crippen molar-refractivity contribution in [3.05, 3.63) is 41.5 Å². The number of furan rings is 1. The number of aliphatic hydroxyl groups excluding tert-OH is 1. The van der Waals surface area contributed by atoms with E-state index < -0.39 is 18.2 Å². The van der Waals surface area contributed by atoms with Crippen LogP contribution in [0.5, 0.6) is 5.75 Å². The lowest BCUT2D eigenvalue weighted by Crippen LogP contribution is -1.94. The van der Waals surface area contributed by atoms with Gasteiger partial charge in [0.1, 0.15) is 0 Å². The number of benzene rings is 2. The van der Waals surface area contributed by atoms with Crippen LogP contribution in [0.3, 0.4) is 0 Å². The fourth-order valence-corrected chi connectivity index (χ4v) is 2.25. The average molecular weight is 278 g/mol. The summed E-state index contributed by atoms with van der Waals surface area (Å²) in [6.07, 6.45) is 0. The summed E-state index contributed by atoms with van der Waals surface area (Å²) in [5, 5.41) is 9.99. The van der Waals surface area contributed by atoms with Crippen molar-refractivity contribution in [1.82, 2.24) is 0 Å². The average Bonchev–Trinajstić information content (AvgIpc) is 2.83. The van der Waals surface area contributed by atoms with Crippen LogP contribution in [-0.4, -0.2) is 11.7 Å². The Labute approximate surface area is 113 Å². The number of aliphatic hydroxyl groups is 1. The molecule has 0 saturated heterocycles. The third-order valence-electron chi connectivity index (χ3n) is 3.20. The highest BCUT2D eigenvalue weighted by molar-refractivity contribution is 6.05. The minimum atomic E-state index is -0.668. The van der Waals surface area contributed by atoms with Crippen molar-refractivity contribution >= 4 is 21.9 Å². The van der Waals surface area contributed by atoms with E-state index in [2.05, 4.69) is 0 Å². The monoisotopic (exact) mass is 278 g/mol. The zero-order valence-electron chi connectivity index (χ0n) is 10.7. The van der Waals surface area contributed by atoms with Gasteiger partial charge < -0.3 is 14.3 Å². The van der Waals surface area contributed by atoms with Gasteiger partial charge in [-0.25, -0.2) is 4.39 Å². The highest BCUT2D eigenvalue weighted by Crippen LogP contribution is 2.36. The van der Waals surface area contributed by atoms with Crippen LogP contribution in [0.25, 0.3) is 21.9 Å². The lowest BCUT2D eigenvalue weighted by molar-refractivity contribution is 0.276. The standard InChI is InChI=1S/C15H12F2O3/c1-2-19-11-6-5-10-9-4-3-8(7-18)12(16)14(9)20-15(10)13(11)17/h3-6,18H,2,7H2,1H3. The molecule has 1 aromatic heterocycles. The van der Waals surface area contributed by atoms with E-state index in [9.17, 15) is 8.78 Å². The van der Waals surface area contributed by atoms with Crippen molar-refractivity contribution in [2.45, 2.75) is 13.5 Å². The Morgan fingerprint density at radius 2 is 1.70 bits per heavy atom. The van der Waals surface area contributed by atoms with Crippen molar-refractivity contribution < 1.29 is 23.0 Å². The van der Waals surface area contributed by atoms with E-state index in [0.29, 0.717) is 17.4 Å². The van der Waals surface area contributed by atoms with E-state index in [1.807, 2.05) is 0 Å². The van der Waals surface area contributed by atoms with E-state index in [1.165, 1.54) is 12.1 Å². The predicted molar refractivity (Wildman–Crippen MR) is 70.7 cm³/mol. The van der Waals surface area contributed by atoms with Gasteiger partial charge in [0, 0.05) is 16.3 Å². The second-order valence-electron chi connectivity index (χ2n) is 4.36. The zero-order chi connectivity index (χ0) is 14.3. The summed E-state index contributed by atoms with van der Waals surface area (Å²) < 4.78 is 38.7. The van der Waals surface area contributed by atoms with Gasteiger partial charge in [0.2, 0.25) is 5.82 Å². The van der Waals surface area contributed by atoms with Crippen molar-refractivity contribution in [1.29, 1.82) is 0 Å². The smallest absolute Gasteiger partial charge is 0.208 e. The van der Waals surface area contributed by atoms with Crippen LogP contribution < -0.4 is 4.74 Å². The van der Waals surface area contributed by atoms with E-state index in [4.69, 9.17) is 14.3 Å². The van der Waals surface area contributed by atoms with Crippen LogP contribution in [0.1, 0.15) is 12.5 Å². The summed E-state index contributed by atoms with van der Waals surface area (Å²) in [4.78, 5) is 0. The van der Waals surface area contributed by atoms with E-state index in [0.717, 1.165) is 0 Å². The minimum absolute atomic E-state index is 0.0417. The van der Waals surface area contributed by atoms with Gasteiger partial charge in [-0.3, -0.25) is 0 Å². The normalized spacial score (nSPS) is 11.4. The Balaban J connectivity index is 2.35. The third-order valence-corrected chi connectivity index (χ3v) is 3.20. The van der Waals surface area contributed by atoms with E-state index in [1.54, 1.807) is 19.1 Å². The first kappa shape index (κ1) is 12.9. The van der Waals surface area contributed by atoms with Gasteiger partial charge in [-0.15, -0.1) is 0 Å². The van der Waals surface area contributed by atoms with Crippen LogP contribution in [0.2, 0.25) is 0 Å². The molecule has 3 rings (SSSR count).